The summed E-state index contributed by atoms with van der Waals surface area (Å²) in [6, 6.07) is 0. The first-order valence-electron chi connectivity index (χ1n) is 5.75. The number of rotatable bonds is 5. The molecule has 2 atom stereocenters. The lowest BCUT2D eigenvalue weighted by Crippen LogP contribution is -2.50. The van der Waals surface area contributed by atoms with Crippen molar-refractivity contribution in [2.24, 2.45) is 5.73 Å². The third-order valence-electron chi connectivity index (χ3n) is 2.82. The van der Waals surface area contributed by atoms with Crippen molar-refractivity contribution < 1.29 is 13.2 Å². The SMILES string of the molecule is CCS(=O)(=O)CCN1CC(C)OC(CN)C1. The molecule has 0 amide bonds. The molecule has 1 rings (SSSR count). The van der Waals surface area contributed by atoms with Crippen molar-refractivity contribution in [1.82, 2.24) is 4.90 Å². The van der Waals surface area contributed by atoms with E-state index in [1.807, 2.05) is 6.92 Å². The first kappa shape index (κ1) is 13.9. The maximum Gasteiger partial charge on any atom is 0.151 e. The van der Waals surface area contributed by atoms with Gasteiger partial charge in [-0.1, -0.05) is 6.92 Å². The monoisotopic (exact) mass is 250 g/mol. The van der Waals surface area contributed by atoms with Gasteiger partial charge in [0.05, 0.1) is 18.0 Å². The highest BCUT2D eigenvalue weighted by Gasteiger charge is 2.24. The van der Waals surface area contributed by atoms with Crippen molar-refractivity contribution in [2.45, 2.75) is 26.1 Å². The van der Waals surface area contributed by atoms with E-state index in [1.54, 1.807) is 6.92 Å². The molecule has 1 heterocycles. The highest BCUT2D eigenvalue weighted by atomic mass is 32.2. The van der Waals surface area contributed by atoms with Crippen molar-refractivity contribution in [1.29, 1.82) is 0 Å². The minimum atomic E-state index is -2.87. The van der Waals surface area contributed by atoms with Gasteiger partial charge in [-0.25, -0.2) is 8.42 Å². The number of morpholine rings is 1. The first-order chi connectivity index (χ1) is 7.46. The van der Waals surface area contributed by atoms with E-state index in [0.29, 0.717) is 13.1 Å². The Kier molecular flexibility index (Phi) is 5.17. The van der Waals surface area contributed by atoms with Gasteiger partial charge in [0.1, 0.15) is 0 Å². The lowest BCUT2D eigenvalue weighted by atomic mass is 10.2. The first-order valence-corrected chi connectivity index (χ1v) is 7.57. The van der Waals surface area contributed by atoms with E-state index in [4.69, 9.17) is 10.5 Å². The molecule has 1 aliphatic rings. The van der Waals surface area contributed by atoms with Crippen molar-refractivity contribution in [3.05, 3.63) is 0 Å². The van der Waals surface area contributed by atoms with Crippen LogP contribution in [0, 0.1) is 0 Å². The van der Waals surface area contributed by atoms with Crippen LogP contribution in [-0.4, -0.2) is 63.2 Å². The van der Waals surface area contributed by atoms with Gasteiger partial charge in [-0.2, -0.15) is 0 Å². The molecule has 1 saturated heterocycles. The summed E-state index contributed by atoms with van der Waals surface area (Å²) in [4.78, 5) is 2.12. The second-order valence-electron chi connectivity index (χ2n) is 4.30. The van der Waals surface area contributed by atoms with Gasteiger partial charge in [-0.05, 0) is 6.92 Å². The highest BCUT2D eigenvalue weighted by molar-refractivity contribution is 7.91. The van der Waals surface area contributed by atoms with E-state index in [1.165, 1.54) is 0 Å². The van der Waals surface area contributed by atoms with Crippen LogP contribution in [0.2, 0.25) is 0 Å². The fourth-order valence-electron chi connectivity index (χ4n) is 1.87. The summed E-state index contributed by atoms with van der Waals surface area (Å²) in [5, 5.41) is 0. The van der Waals surface area contributed by atoms with Crippen LogP contribution in [0.15, 0.2) is 0 Å². The van der Waals surface area contributed by atoms with Crippen molar-refractivity contribution in [3.8, 4) is 0 Å². The Morgan fingerprint density at radius 2 is 2.12 bits per heavy atom. The summed E-state index contributed by atoms with van der Waals surface area (Å²) in [5.74, 6) is 0.445. The lowest BCUT2D eigenvalue weighted by Gasteiger charge is -2.36. The molecule has 0 radical (unpaired) electrons. The van der Waals surface area contributed by atoms with Gasteiger partial charge in [0.2, 0.25) is 0 Å². The average molecular weight is 250 g/mol. The molecule has 1 fully saturated rings. The number of nitrogens with two attached hydrogens (primary N) is 1. The van der Waals surface area contributed by atoms with Crippen LogP contribution in [0.3, 0.4) is 0 Å². The van der Waals surface area contributed by atoms with Crippen molar-refractivity contribution in [3.63, 3.8) is 0 Å². The number of sulfone groups is 1. The zero-order valence-corrected chi connectivity index (χ0v) is 10.9. The smallest absolute Gasteiger partial charge is 0.151 e. The van der Waals surface area contributed by atoms with Crippen molar-refractivity contribution >= 4 is 9.84 Å². The average Bonchev–Trinajstić information content (AvgIpc) is 2.26. The molecule has 1 aliphatic heterocycles. The van der Waals surface area contributed by atoms with Crippen LogP contribution in [0.25, 0.3) is 0 Å². The Morgan fingerprint density at radius 3 is 2.69 bits per heavy atom. The minimum Gasteiger partial charge on any atom is -0.371 e. The minimum absolute atomic E-state index is 0.0353. The summed E-state index contributed by atoms with van der Waals surface area (Å²) >= 11 is 0. The van der Waals surface area contributed by atoms with Crippen molar-refractivity contribution in [2.75, 3.05) is 37.7 Å². The molecule has 16 heavy (non-hydrogen) atoms. The van der Waals surface area contributed by atoms with E-state index in [-0.39, 0.29) is 23.7 Å². The molecule has 0 aliphatic carbocycles. The van der Waals surface area contributed by atoms with Crippen LogP contribution in [-0.2, 0) is 14.6 Å². The van der Waals surface area contributed by atoms with E-state index in [9.17, 15) is 8.42 Å². The summed E-state index contributed by atoms with van der Waals surface area (Å²) < 4.78 is 28.4. The van der Waals surface area contributed by atoms with E-state index in [2.05, 4.69) is 4.90 Å². The molecule has 0 saturated carbocycles. The lowest BCUT2D eigenvalue weighted by molar-refractivity contribution is -0.0703. The van der Waals surface area contributed by atoms with Crippen LogP contribution in [0.1, 0.15) is 13.8 Å². The largest absolute Gasteiger partial charge is 0.371 e. The molecule has 5 nitrogen and oxygen atoms in total. The maximum absolute atomic E-state index is 11.4. The predicted molar refractivity (Wildman–Crippen MR) is 64.2 cm³/mol. The van der Waals surface area contributed by atoms with Gasteiger partial charge in [-0.3, -0.25) is 4.90 Å². The topological polar surface area (TPSA) is 72.6 Å². The predicted octanol–water partition coefficient (Wildman–Crippen LogP) is -0.531. The number of hydrogen-bond donors (Lipinski definition) is 1. The molecule has 0 aromatic carbocycles. The number of hydrogen-bond acceptors (Lipinski definition) is 5. The standard InChI is InChI=1S/C10H22N2O3S/c1-3-16(13,14)5-4-12-7-9(2)15-10(6-11)8-12/h9-10H,3-8,11H2,1-2H3. The summed E-state index contributed by atoms with van der Waals surface area (Å²) in [6.45, 7) is 6.26. The molecule has 0 bridgehead atoms. The highest BCUT2D eigenvalue weighted by Crippen LogP contribution is 2.10. The fraction of sp³-hybridized carbons (Fsp3) is 1.00. The normalized spacial score (nSPS) is 28.2. The molecular formula is C10H22N2O3S. The quantitative estimate of drug-likeness (QED) is 0.710. The Morgan fingerprint density at radius 1 is 1.44 bits per heavy atom. The zero-order chi connectivity index (χ0) is 12.2. The zero-order valence-electron chi connectivity index (χ0n) is 10.1. The molecule has 6 heteroatoms. The fourth-order valence-corrected chi connectivity index (χ4v) is 2.69. The molecule has 96 valence electrons. The Labute approximate surface area is 97.9 Å². The van der Waals surface area contributed by atoms with Crippen LogP contribution >= 0.6 is 0 Å². The third-order valence-corrected chi connectivity index (χ3v) is 4.51. The van der Waals surface area contributed by atoms with Gasteiger partial charge < -0.3 is 10.5 Å². The van der Waals surface area contributed by atoms with Crippen LogP contribution in [0.4, 0.5) is 0 Å². The molecule has 0 spiro atoms. The van der Waals surface area contributed by atoms with Gasteiger partial charge in [0.15, 0.2) is 9.84 Å². The van der Waals surface area contributed by atoms with Gasteiger partial charge in [0, 0.05) is 31.9 Å². The molecule has 0 aromatic rings. The summed E-state index contributed by atoms with van der Waals surface area (Å²) in [7, 11) is -2.87. The van der Waals surface area contributed by atoms with Gasteiger partial charge >= 0.3 is 0 Å². The third kappa shape index (κ3) is 4.37. The molecule has 2 unspecified atom stereocenters. The summed E-state index contributed by atoms with van der Waals surface area (Å²) in [5.41, 5.74) is 5.57. The number of nitrogens with zero attached hydrogens (tertiary/aromatic N) is 1. The Balaban J connectivity index is 2.42. The molecular weight excluding hydrogens is 228 g/mol. The van der Waals surface area contributed by atoms with Crippen LogP contribution < -0.4 is 5.73 Å². The van der Waals surface area contributed by atoms with E-state index < -0.39 is 9.84 Å². The van der Waals surface area contributed by atoms with Crippen LogP contribution in [0.5, 0.6) is 0 Å². The Bertz CT molecular complexity index is 305. The Hall–Kier alpha value is -0.170. The number of ether oxygens (including phenoxy) is 1. The van der Waals surface area contributed by atoms with Gasteiger partial charge in [0.25, 0.3) is 0 Å². The molecule has 2 N–H and O–H groups in total. The van der Waals surface area contributed by atoms with E-state index >= 15 is 0 Å². The second-order valence-corrected chi connectivity index (χ2v) is 6.77. The maximum atomic E-state index is 11.4. The van der Waals surface area contributed by atoms with E-state index in [0.717, 1.165) is 13.1 Å². The molecule has 0 aromatic heterocycles. The summed E-state index contributed by atoms with van der Waals surface area (Å²) in [6.07, 6.45) is 0.166. The van der Waals surface area contributed by atoms with Gasteiger partial charge in [-0.15, -0.1) is 0 Å². The second kappa shape index (κ2) is 5.95.